The normalized spacial score (nSPS) is 19.3. The number of hydrogen-bond acceptors (Lipinski definition) is 5. The maximum Gasteiger partial charge on any atom is 0.259 e. The Bertz CT molecular complexity index is 1100. The van der Waals surface area contributed by atoms with Crippen LogP contribution in [0.2, 0.25) is 18.1 Å². The van der Waals surface area contributed by atoms with Gasteiger partial charge in [-0.25, -0.2) is 8.42 Å². The van der Waals surface area contributed by atoms with E-state index in [4.69, 9.17) is 4.74 Å². The summed E-state index contributed by atoms with van der Waals surface area (Å²) in [6, 6.07) is 16.5. The Balaban J connectivity index is 1.91. The summed E-state index contributed by atoms with van der Waals surface area (Å²) in [5.74, 6) is -0.775. The highest BCUT2D eigenvalue weighted by molar-refractivity contribution is 7.93. The SMILES string of the molecule is CC(C)(C)[Si](C)(C)N1C[C@](NC(=O)COc2ccccc2)(S(=O)(=O)c2ccccc2)C1=O. The first-order valence-electron chi connectivity index (χ1n) is 10.4. The topological polar surface area (TPSA) is 92.8 Å². The second-order valence-electron chi connectivity index (χ2n) is 9.49. The van der Waals surface area contributed by atoms with Crippen molar-refractivity contribution in [1.82, 2.24) is 9.88 Å². The minimum Gasteiger partial charge on any atom is -0.484 e. The monoisotopic (exact) mass is 474 g/mol. The molecule has 9 heteroatoms. The Morgan fingerprint density at radius 1 is 1.06 bits per heavy atom. The fourth-order valence-electron chi connectivity index (χ4n) is 3.43. The van der Waals surface area contributed by atoms with Crippen molar-refractivity contribution in [2.24, 2.45) is 0 Å². The lowest BCUT2D eigenvalue weighted by molar-refractivity contribution is -0.144. The summed E-state index contributed by atoms with van der Waals surface area (Å²) in [7, 11) is -6.52. The quantitative estimate of drug-likeness (QED) is 0.491. The smallest absolute Gasteiger partial charge is 0.259 e. The largest absolute Gasteiger partial charge is 0.484 e. The first-order chi connectivity index (χ1) is 14.8. The first kappa shape index (κ1) is 24.0. The number of amides is 2. The lowest BCUT2D eigenvalue weighted by Crippen LogP contribution is -2.83. The molecule has 1 heterocycles. The fraction of sp³-hybridized carbons (Fsp3) is 0.391. The zero-order valence-electron chi connectivity index (χ0n) is 19.1. The molecule has 2 aromatic rings. The second-order valence-corrected chi connectivity index (χ2v) is 16.8. The van der Waals surface area contributed by atoms with Gasteiger partial charge >= 0.3 is 0 Å². The maximum absolute atomic E-state index is 13.6. The van der Waals surface area contributed by atoms with Crippen LogP contribution in [0.1, 0.15) is 20.8 Å². The van der Waals surface area contributed by atoms with E-state index in [9.17, 15) is 18.0 Å². The highest BCUT2D eigenvalue weighted by atomic mass is 32.2. The van der Waals surface area contributed by atoms with Gasteiger partial charge in [0.25, 0.3) is 11.8 Å². The van der Waals surface area contributed by atoms with Gasteiger partial charge in [-0.15, -0.1) is 0 Å². The molecule has 0 saturated carbocycles. The maximum atomic E-state index is 13.6. The third-order valence-corrected chi connectivity index (χ3v) is 14.0. The second kappa shape index (κ2) is 8.36. The molecule has 2 aromatic carbocycles. The molecule has 1 saturated heterocycles. The highest BCUT2D eigenvalue weighted by Gasteiger charge is 2.67. The molecule has 0 spiro atoms. The van der Waals surface area contributed by atoms with Gasteiger partial charge < -0.3 is 14.6 Å². The number of nitrogens with zero attached hydrogens (tertiary/aromatic N) is 1. The summed E-state index contributed by atoms with van der Waals surface area (Å²) >= 11 is 0. The molecule has 0 unspecified atom stereocenters. The van der Waals surface area contributed by atoms with Gasteiger partial charge in [0, 0.05) is 0 Å². The van der Waals surface area contributed by atoms with Crippen LogP contribution in [-0.4, -0.2) is 51.1 Å². The number of hydrogen-bond donors (Lipinski definition) is 1. The van der Waals surface area contributed by atoms with Crippen molar-refractivity contribution in [3.63, 3.8) is 0 Å². The summed E-state index contributed by atoms with van der Waals surface area (Å²) in [6.07, 6.45) is 0. The Labute approximate surface area is 190 Å². The Kier molecular flexibility index (Phi) is 6.27. The summed E-state index contributed by atoms with van der Waals surface area (Å²) < 4.78 is 34.3. The molecule has 1 N–H and O–H groups in total. The molecular formula is C23H30N2O5SSi. The van der Waals surface area contributed by atoms with Crippen LogP contribution in [0.15, 0.2) is 65.6 Å². The fourth-order valence-corrected chi connectivity index (χ4v) is 7.57. The third-order valence-electron chi connectivity index (χ3n) is 6.45. The van der Waals surface area contributed by atoms with E-state index in [1.54, 1.807) is 47.0 Å². The number of carbonyl (C=O) groups is 2. The van der Waals surface area contributed by atoms with Crippen LogP contribution in [0.4, 0.5) is 0 Å². The van der Waals surface area contributed by atoms with E-state index in [2.05, 4.69) is 5.32 Å². The summed E-state index contributed by atoms with van der Waals surface area (Å²) in [6.45, 7) is 9.72. The highest BCUT2D eigenvalue weighted by Crippen LogP contribution is 2.45. The van der Waals surface area contributed by atoms with Crippen LogP contribution >= 0.6 is 0 Å². The Morgan fingerprint density at radius 2 is 1.59 bits per heavy atom. The molecular weight excluding hydrogens is 444 g/mol. The average molecular weight is 475 g/mol. The minimum atomic E-state index is -4.19. The molecule has 1 aliphatic rings. The molecule has 2 amide bonds. The van der Waals surface area contributed by atoms with E-state index in [0.717, 1.165) is 0 Å². The number of para-hydroxylation sites is 1. The van der Waals surface area contributed by atoms with E-state index in [1.807, 2.05) is 39.9 Å². The van der Waals surface area contributed by atoms with Crippen molar-refractivity contribution in [3.8, 4) is 5.75 Å². The van der Waals surface area contributed by atoms with Gasteiger partial charge in [-0.05, 0) is 29.3 Å². The van der Waals surface area contributed by atoms with Crippen LogP contribution in [-0.2, 0) is 19.4 Å². The van der Waals surface area contributed by atoms with E-state index in [-0.39, 0.29) is 16.5 Å². The molecule has 1 aliphatic heterocycles. The molecule has 1 atom stereocenters. The van der Waals surface area contributed by atoms with Gasteiger partial charge in [0.2, 0.25) is 14.7 Å². The van der Waals surface area contributed by atoms with Crippen molar-refractivity contribution < 1.29 is 22.7 Å². The number of sulfone groups is 1. The Morgan fingerprint density at radius 3 is 2.09 bits per heavy atom. The first-order valence-corrected chi connectivity index (χ1v) is 14.9. The van der Waals surface area contributed by atoms with Gasteiger partial charge in [0.05, 0.1) is 11.4 Å². The van der Waals surface area contributed by atoms with Crippen molar-refractivity contribution in [1.29, 1.82) is 0 Å². The summed E-state index contributed by atoms with van der Waals surface area (Å²) in [5.41, 5.74) is 0. The van der Waals surface area contributed by atoms with Crippen LogP contribution in [0.25, 0.3) is 0 Å². The molecule has 0 radical (unpaired) electrons. The number of ether oxygens (including phenoxy) is 1. The molecule has 0 bridgehead atoms. The average Bonchev–Trinajstić information content (AvgIpc) is 2.74. The predicted octanol–water partition coefficient (Wildman–Crippen LogP) is 3.20. The summed E-state index contributed by atoms with van der Waals surface area (Å²) in [5, 5.41) is 2.35. The van der Waals surface area contributed by atoms with Crippen molar-refractivity contribution in [2.75, 3.05) is 13.2 Å². The Hall–Kier alpha value is -2.65. The summed E-state index contributed by atoms with van der Waals surface area (Å²) in [4.78, 5) is 24.2. The predicted molar refractivity (Wildman–Crippen MR) is 125 cm³/mol. The van der Waals surface area contributed by atoms with Gasteiger partial charge in [-0.1, -0.05) is 70.3 Å². The van der Waals surface area contributed by atoms with E-state index in [1.165, 1.54) is 12.1 Å². The number of nitrogens with one attached hydrogen (secondary N) is 1. The number of benzene rings is 2. The van der Waals surface area contributed by atoms with Gasteiger partial charge in [0.1, 0.15) is 5.75 Å². The van der Waals surface area contributed by atoms with Crippen LogP contribution in [0.3, 0.4) is 0 Å². The van der Waals surface area contributed by atoms with E-state index >= 15 is 0 Å². The van der Waals surface area contributed by atoms with Crippen molar-refractivity contribution in [3.05, 3.63) is 60.7 Å². The van der Waals surface area contributed by atoms with E-state index in [0.29, 0.717) is 5.75 Å². The molecule has 0 aromatic heterocycles. The van der Waals surface area contributed by atoms with Gasteiger partial charge in [-0.3, -0.25) is 9.59 Å². The molecule has 0 aliphatic carbocycles. The molecule has 1 fully saturated rings. The number of β-lactam (4-membered cyclic amide) rings is 1. The van der Waals surface area contributed by atoms with Crippen molar-refractivity contribution >= 4 is 29.9 Å². The molecule has 3 rings (SSSR count). The number of carbonyl (C=O) groups excluding carboxylic acids is 2. The van der Waals surface area contributed by atoms with Gasteiger partial charge in [0.15, 0.2) is 14.8 Å². The standard InChI is InChI=1S/C23H30N2O5SSi/c1-22(2,3)32(4,5)25-17-23(21(25)27,31(28,29)19-14-10-7-11-15-19)24-20(26)16-30-18-12-8-6-9-13-18/h6-15H,16-17H2,1-5H3,(H,24,26)/t23-/m0/s1. The minimum absolute atomic E-state index is 0.00694. The zero-order chi connectivity index (χ0) is 23.8. The molecule has 172 valence electrons. The number of rotatable bonds is 7. The zero-order valence-corrected chi connectivity index (χ0v) is 20.9. The lowest BCUT2D eigenvalue weighted by atomic mass is 10.1. The van der Waals surface area contributed by atoms with E-state index < -0.39 is 41.4 Å². The third kappa shape index (κ3) is 4.06. The van der Waals surface area contributed by atoms with Crippen LogP contribution < -0.4 is 10.1 Å². The molecule has 7 nitrogen and oxygen atoms in total. The van der Waals surface area contributed by atoms with Crippen LogP contribution in [0.5, 0.6) is 5.75 Å². The van der Waals surface area contributed by atoms with Gasteiger partial charge in [-0.2, -0.15) is 0 Å². The lowest BCUT2D eigenvalue weighted by Gasteiger charge is -2.57. The molecule has 32 heavy (non-hydrogen) atoms. The van der Waals surface area contributed by atoms with Crippen molar-refractivity contribution in [2.45, 2.75) is 48.7 Å². The van der Waals surface area contributed by atoms with Crippen LogP contribution in [0, 0.1) is 0 Å².